The molecule has 3 heterocycles. The van der Waals surface area contributed by atoms with E-state index in [1.807, 2.05) is 50.4 Å². The second kappa shape index (κ2) is 7.92. The van der Waals surface area contributed by atoms with Crippen LogP contribution in [0.2, 0.25) is 0 Å². The van der Waals surface area contributed by atoms with Crippen molar-refractivity contribution in [3.05, 3.63) is 65.9 Å². The molecule has 0 bridgehead atoms. The van der Waals surface area contributed by atoms with Gasteiger partial charge in [0.25, 0.3) is 0 Å². The van der Waals surface area contributed by atoms with Gasteiger partial charge in [-0.25, -0.2) is 14.5 Å². The number of furan rings is 1. The molecule has 0 unspecified atom stereocenters. The molecule has 4 aromatic rings. The summed E-state index contributed by atoms with van der Waals surface area (Å²) < 4.78 is 12.4. The molecule has 0 aliphatic carbocycles. The van der Waals surface area contributed by atoms with E-state index in [0.29, 0.717) is 30.4 Å². The van der Waals surface area contributed by atoms with E-state index in [9.17, 15) is 4.79 Å². The lowest BCUT2D eigenvalue weighted by atomic mass is 10.2. The Morgan fingerprint density at radius 3 is 2.86 bits per heavy atom. The van der Waals surface area contributed by atoms with Crippen LogP contribution in [0.4, 0.5) is 0 Å². The number of aromatic nitrogens is 4. The first-order chi connectivity index (χ1) is 14.1. The Labute approximate surface area is 168 Å². The van der Waals surface area contributed by atoms with Gasteiger partial charge in [-0.2, -0.15) is 5.10 Å². The number of fused-ring (bicyclic) bond motifs is 1. The van der Waals surface area contributed by atoms with Gasteiger partial charge in [0.2, 0.25) is 5.95 Å². The minimum Gasteiger partial charge on any atom is -0.468 e. The predicted molar refractivity (Wildman–Crippen MR) is 108 cm³/mol. The number of hydrogen-bond acceptors (Lipinski definition) is 6. The van der Waals surface area contributed by atoms with E-state index < -0.39 is 5.97 Å². The molecule has 0 aliphatic heterocycles. The standard InChI is InChI=1S/C21H23N5O3/c1-4-28-20(27)15-12-22-26(21-23-16-8-5-6-9-17(16)24-21)18(15)13-25(3)14(2)19-10-7-11-29-19/h5-12,14H,4,13H2,1-3H3,(H,23,24)/t14-/m0/s1. The van der Waals surface area contributed by atoms with Crippen LogP contribution in [-0.2, 0) is 11.3 Å². The number of ether oxygens (including phenoxy) is 1. The lowest BCUT2D eigenvalue weighted by molar-refractivity contribution is 0.0523. The van der Waals surface area contributed by atoms with Crippen molar-refractivity contribution in [2.45, 2.75) is 26.4 Å². The fourth-order valence-corrected chi connectivity index (χ4v) is 3.25. The summed E-state index contributed by atoms with van der Waals surface area (Å²) in [5.74, 6) is 1.000. The van der Waals surface area contributed by atoms with Crippen molar-refractivity contribution in [3.63, 3.8) is 0 Å². The lowest BCUT2D eigenvalue weighted by Crippen LogP contribution is -2.25. The molecular weight excluding hydrogens is 370 g/mol. The van der Waals surface area contributed by atoms with E-state index in [2.05, 4.69) is 20.0 Å². The first-order valence-electron chi connectivity index (χ1n) is 9.51. The first-order valence-corrected chi connectivity index (χ1v) is 9.51. The normalized spacial score (nSPS) is 12.6. The molecule has 3 aromatic heterocycles. The van der Waals surface area contributed by atoms with Gasteiger partial charge in [-0.05, 0) is 45.2 Å². The Hall–Kier alpha value is -3.39. The van der Waals surface area contributed by atoms with Gasteiger partial charge in [-0.3, -0.25) is 4.90 Å². The Balaban J connectivity index is 1.72. The fourth-order valence-electron chi connectivity index (χ4n) is 3.25. The molecule has 0 aliphatic rings. The molecule has 150 valence electrons. The van der Waals surface area contributed by atoms with E-state index in [-0.39, 0.29) is 6.04 Å². The van der Waals surface area contributed by atoms with Gasteiger partial charge >= 0.3 is 5.97 Å². The van der Waals surface area contributed by atoms with Gasteiger partial charge in [0.15, 0.2) is 0 Å². The molecule has 0 saturated carbocycles. The highest BCUT2D eigenvalue weighted by atomic mass is 16.5. The minimum atomic E-state index is -0.399. The Kier molecular flexibility index (Phi) is 5.18. The zero-order valence-electron chi connectivity index (χ0n) is 16.6. The zero-order valence-corrected chi connectivity index (χ0v) is 16.6. The average molecular weight is 393 g/mol. The summed E-state index contributed by atoms with van der Waals surface area (Å²) in [5.41, 5.74) is 2.85. The van der Waals surface area contributed by atoms with Crippen LogP contribution in [-0.4, -0.2) is 44.3 Å². The summed E-state index contributed by atoms with van der Waals surface area (Å²) in [5, 5.41) is 4.43. The summed E-state index contributed by atoms with van der Waals surface area (Å²) in [6.45, 7) is 4.58. The number of imidazole rings is 1. The van der Waals surface area contributed by atoms with Crippen molar-refractivity contribution in [1.82, 2.24) is 24.6 Å². The lowest BCUT2D eigenvalue weighted by Gasteiger charge is -2.23. The fraction of sp³-hybridized carbons (Fsp3) is 0.286. The second-order valence-electron chi connectivity index (χ2n) is 6.82. The summed E-state index contributed by atoms with van der Waals surface area (Å²) >= 11 is 0. The summed E-state index contributed by atoms with van der Waals surface area (Å²) in [7, 11) is 1.97. The number of hydrogen-bond donors (Lipinski definition) is 1. The van der Waals surface area contributed by atoms with Crippen LogP contribution in [0.1, 0.15) is 41.7 Å². The molecule has 0 spiro atoms. The van der Waals surface area contributed by atoms with Crippen LogP contribution in [0.25, 0.3) is 17.0 Å². The second-order valence-corrected chi connectivity index (χ2v) is 6.82. The number of nitrogens with one attached hydrogen (secondary N) is 1. The third-order valence-corrected chi connectivity index (χ3v) is 4.96. The van der Waals surface area contributed by atoms with Crippen LogP contribution in [0.3, 0.4) is 0 Å². The number of rotatable bonds is 7. The van der Waals surface area contributed by atoms with Crippen LogP contribution in [0.5, 0.6) is 0 Å². The highest BCUT2D eigenvalue weighted by molar-refractivity contribution is 5.90. The van der Waals surface area contributed by atoms with Gasteiger partial charge in [0.05, 0.1) is 41.8 Å². The van der Waals surface area contributed by atoms with Crippen molar-refractivity contribution in [1.29, 1.82) is 0 Å². The van der Waals surface area contributed by atoms with E-state index >= 15 is 0 Å². The van der Waals surface area contributed by atoms with Crippen LogP contribution in [0, 0.1) is 0 Å². The molecule has 1 N–H and O–H groups in total. The smallest absolute Gasteiger partial charge is 0.341 e. The maximum absolute atomic E-state index is 12.5. The SMILES string of the molecule is CCOC(=O)c1cnn(-c2nc3ccccc3[nH]2)c1CN(C)[C@@H](C)c1ccco1. The molecule has 1 atom stereocenters. The van der Waals surface area contributed by atoms with Gasteiger partial charge in [-0.15, -0.1) is 0 Å². The van der Waals surface area contributed by atoms with E-state index in [1.54, 1.807) is 17.9 Å². The highest BCUT2D eigenvalue weighted by Gasteiger charge is 2.24. The van der Waals surface area contributed by atoms with Crippen LogP contribution >= 0.6 is 0 Å². The Morgan fingerprint density at radius 1 is 1.31 bits per heavy atom. The molecule has 0 fully saturated rings. The van der Waals surface area contributed by atoms with Gasteiger partial charge in [0, 0.05) is 6.54 Å². The van der Waals surface area contributed by atoms with Crippen molar-refractivity contribution in [3.8, 4) is 5.95 Å². The Bertz CT molecular complexity index is 1080. The number of carbonyl (C=O) groups is 1. The maximum Gasteiger partial charge on any atom is 0.341 e. The van der Waals surface area contributed by atoms with E-state index in [0.717, 1.165) is 16.8 Å². The summed E-state index contributed by atoms with van der Waals surface area (Å²) in [4.78, 5) is 22.5. The van der Waals surface area contributed by atoms with Crippen molar-refractivity contribution >= 4 is 17.0 Å². The highest BCUT2D eigenvalue weighted by Crippen LogP contribution is 2.24. The number of para-hydroxylation sites is 2. The van der Waals surface area contributed by atoms with Gasteiger partial charge in [0.1, 0.15) is 11.3 Å². The summed E-state index contributed by atoms with van der Waals surface area (Å²) in [6, 6.07) is 11.6. The number of esters is 1. The average Bonchev–Trinajstić information content (AvgIpc) is 3.46. The summed E-state index contributed by atoms with van der Waals surface area (Å²) in [6.07, 6.45) is 3.19. The number of nitrogens with zero attached hydrogens (tertiary/aromatic N) is 4. The molecule has 0 radical (unpaired) electrons. The molecule has 4 rings (SSSR count). The molecular formula is C21H23N5O3. The topological polar surface area (TPSA) is 89.2 Å². The minimum absolute atomic E-state index is 0.0130. The number of benzene rings is 1. The van der Waals surface area contributed by atoms with E-state index in [1.165, 1.54) is 6.20 Å². The molecule has 0 saturated heterocycles. The molecule has 8 nitrogen and oxygen atoms in total. The van der Waals surface area contributed by atoms with Crippen molar-refractivity contribution < 1.29 is 13.9 Å². The molecule has 8 heteroatoms. The van der Waals surface area contributed by atoms with Gasteiger partial charge < -0.3 is 14.1 Å². The number of carbonyl (C=O) groups excluding carboxylic acids is 1. The quantitative estimate of drug-likeness (QED) is 0.482. The third-order valence-electron chi connectivity index (χ3n) is 4.96. The zero-order chi connectivity index (χ0) is 20.4. The van der Waals surface area contributed by atoms with Gasteiger partial charge in [-0.1, -0.05) is 12.1 Å². The molecule has 0 amide bonds. The first kappa shape index (κ1) is 18.9. The van der Waals surface area contributed by atoms with Crippen molar-refractivity contribution in [2.75, 3.05) is 13.7 Å². The van der Waals surface area contributed by atoms with Crippen LogP contribution in [0.15, 0.2) is 53.3 Å². The Morgan fingerprint density at radius 2 is 2.14 bits per heavy atom. The monoisotopic (exact) mass is 393 g/mol. The number of H-pyrrole nitrogens is 1. The maximum atomic E-state index is 12.5. The number of aromatic amines is 1. The largest absolute Gasteiger partial charge is 0.468 e. The molecule has 1 aromatic carbocycles. The van der Waals surface area contributed by atoms with Crippen LogP contribution < -0.4 is 0 Å². The van der Waals surface area contributed by atoms with E-state index in [4.69, 9.17) is 9.15 Å². The third kappa shape index (κ3) is 3.66. The predicted octanol–water partition coefficient (Wildman–Crippen LogP) is 3.71. The van der Waals surface area contributed by atoms with Crippen molar-refractivity contribution in [2.24, 2.45) is 0 Å². The molecule has 29 heavy (non-hydrogen) atoms.